The summed E-state index contributed by atoms with van der Waals surface area (Å²) in [5.74, 6) is -2.55. The molecule has 0 spiro atoms. The molecule has 0 heterocycles. The number of alkyl halides is 2. The van der Waals surface area contributed by atoms with Crippen LogP contribution in [0.4, 0.5) is 14.5 Å². The van der Waals surface area contributed by atoms with E-state index in [0.717, 1.165) is 35.1 Å². The standard InChI is InChI=1S/C26H31F2NO5/c1-16-22(32-2)13-17(14-23(16)33-3)21-7-4-19(12-18(21)15-34-20-5-6-20)29-25(24(30)31)8-10-26(27,28)11-9-25/h4,7,12-14,20,29H,5-6,8-11,15H2,1-3H3,(H,30,31). The zero-order chi connectivity index (χ0) is 24.5. The molecule has 0 aliphatic heterocycles. The van der Waals surface area contributed by atoms with Crippen LogP contribution in [-0.4, -0.2) is 42.9 Å². The molecule has 0 bridgehead atoms. The molecule has 34 heavy (non-hydrogen) atoms. The molecule has 0 unspecified atom stereocenters. The van der Waals surface area contributed by atoms with Crippen molar-refractivity contribution < 1.29 is 32.9 Å². The molecule has 2 aromatic rings. The van der Waals surface area contributed by atoms with Crippen molar-refractivity contribution in [3.8, 4) is 22.6 Å². The average Bonchev–Trinajstić information content (AvgIpc) is 3.64. The van der Waals surface area contributed by atoms with Crippen LogP contribution in [0.1, 0.15) is 49.7 Å². The summed E-state index contributed by atoms with van der Waals surface area (Å²) in [4.78, 5) is 12.1. The second-order valence-electron chi connectivity index (χ2n) is 9.26. The number of anilines is 1. The highest BCUT2D eigenvalue weighted by atomic mass is 19.3. The number of hydrogen-bond acceptors (Lipinski definition) is 5. The Balaban J connectivity index is 1.69. The molecule has 0 aromatic heterocycles. The molecular weight excluding hydrogens is 444 g/mol. The lowest BCUT2D eigenvalue weighted by Gasteiger charge is -2.38. The Morgan fingerprint density at radius 1 is 1.06 bits per heavy atom. The van der Waals surface area contributed by atoms with Gasteiger partial charge in [0.25, 0.3) is 0 Å². The van der Waals surface area contributed by atoms with Gasteiger partial charge in [-0.3, -0.25) is 0 Å². The number of hydrogen-bond donors (Lipinski definition) is 2. The van der Waals surface area contributed by atoms with Crippen LogP contribution >= 0.6 is 0 Å². The minimum atomic E-state index is -2.82. The molecule has 2 aliphatic rings. The van der Waals surface area contributed by atoms with Crippen molar-refractivity contribution in [1.29, 1.82) is 0 Å². The summed E-state index contributed by atoms with van der Waals surface area (Å²) < 4.78 is 44.5. The van der Waals surface area contributed by atoms with Crippen LogP contribution in [0.2, 0.25) is 0 Å². The van der Waals surface area contributed by atoms with Crippen molar-refractivity contribution >= 4 is 11.7 Å². The van der Waals surface area contributed by atoms with Crippen LogP contribution in [0, 0.1) is 6.92 Å². The highest BCUT2D eigenvalue weighted by Gasteiger charge is 2.48. The third kappa shape index (κ3) is 5.12. The van der Waals surface area contributed by atoms with Gasteiger partial charge in [-0.05, 0) is 73.6 Å². The number of carbonyl (C=O) groups is 1. The van der Waals surface area contributed by atoms with Crippen molar-refractivity contribution in [1.82, 2.24) is 0 Å². The quantitative estimate of drug-likeness (QED) is 0.477. The number of benzene rings is 2. The highest BCUT2D eigenvalue weighted by Crippen LogP contribution is 2.42. The van der Waals surface area contributed by atoms with E-state index >= 15 is 0 Å². The van der Waals surface area contributed by atoms with Gasteiger partial charge in [0.05, 0.1) is 26.9 Å². The van der Waals surface area contributed by atoms with E-state index < -0.39 is 30.3 Å². The molecule has 184 valence electrons. The Morgan fingerprint density at radius 2 is 1.68 bits per heavy atom. The number of methoxy groups -OCH3 is 2. The first-order chi connectivity index (χ1) is 16.2. The first-order valence-electron chi connectivity index (χ1n) is 11.5. The molecule has 2 aromatic carbocycles. The molecular formula is C26H31F2NO5. The van der Waals surface area contributed by atoms with E-state index in [1.165, 1.54) is 0 Å². The highest BCUT2D eigenvalue weighted by molar-refractivity contribution is 5.83. The van der Waals surface area contributed by atoms with E-state index in [9.17, 15) is 18.7 Å². The lowest BCUT2D eigenvalue weighted by molar-refractivity contribution is -0.146. The van der Waals surface area contributed by atoms with E-state index in [1.807, 2.05) is 31.2 Å². The lowest BCUT2D eigenvalue weighted by Crippen LogP contribution is -2.51. The van der Waals surface area contributed by atoms with E-state index in [-0.39, 0.29) is 18.9 Å². The second-order valence-corrected chi connectivity index (χ2v) is 9.26. The maximum atomic E-state index is 13.7. The molecule has 8 heteroatoms. The van der Waals surface area contributed by atoms with Gasteiger partial charge in [-0.15, -0.1) is 0 Å². The maximum absolute atomic E-state index is 13.7. The van der Waals surface area contributed by atoms with E-state index in [4.69, 9.17) is 14.2 Å². The third-order valence-electron chi connectivity index (χ3n) is 6.80. The number of nitrogens with one attached hydrogen (secondary N) is 1. The van der Waals surface area contributed by atoms with Crippen LogP contribution in [0.3, 0.4) is 0 Å². The van der Waals surface area contributed by atoms with Gasteiger partial charge >= 0.3 is 5.97 Å². The van der Waals surface area contributed by atoms with Crippen LogP contribution < -0.4 is 14.8 Å². The number of halogens is 2. The Kier molecular flexibility index (Phi) is 6.71. The Hall–Kier alpha value is -2.87. The normalized spacial score (nSPS) is 18.9. The van der Waals surface area contributed by atoms with Gasteiger partial charge in [0.15, 0.2) is 0 Å². The first kappa shape index (κ1) is 24.3. The molecule has 0 atom stereocenters. The lowest BCUT2D eigenvalue weighted by atomic mass is 9.79. The van der Waals surface area contributed by atoms with E-state index in [1.54, 1.807) is 20.3 Å². The molecule has 2 aliphatic carbocycles. The summed E-state index contributed by atoms with van der Waals surface area (Å²) >= 11 is 0. The number of carboxylic acids is 1. The van der Waals surface area contributed by atoms with Gasteiger partial charge < -0.3 is 24.6 Å². The fourth-order valence-corrected chi connectivity index (χ4v) is 4.47. The largest absolute Gasteiger partial charge is 0.496 e. The summed E-state index contributed by atoms with van der Waals surface area (Å²) in [5, 5.41) is 13.0. The number of carboxylic acid groups (broad SMARTS) is 1. The van der Waals surface area contributed by atoms with Gasteiger partial charge in [-0.25, -0.2) is 13.6 Å². The van der Waals surface area contributed by atoms with Crippen molar-refractivity contribution in [2.45, 2.75) is 69.6 Å². The van der Waals surface area contributed by atoms with Gasteiger partial charge in [-0.1, -0.05) is 6.07 Å². The smallest absolute Gasteiger partial charge is 0.329 e. The van der Waals surface area contributed by atoms with Crippen molar-refractivity contribution in [3.63, 3.8) is 0 Å². The van der Waals surface area contributed by atoms with Crippen LogP contribution in [0.15, 0.2) is 30.3 Å². The zero-order valence-corrected chi connectivity index (χ0v) is 19.7. The predicted octanol–water partition coefficient (Wildman–Crippen LogP) is 5.80. The van der Waals surface area contributed by atoms with Crippen LogP contribution in [-0.2, 0) is 16.1 Å². The van der Waals surface area contributed by atoms with E-state index in [2.05, 4.69) is 5.32 Å². The molecule has 2 saturated carbocycles. The number of aliphatic carboxylic acids is 1. The number of ether oxygens (including phenoxy) is 3. The minimum Gasteiger partial charge on any atom is -0.496 e. The summed E-state index contributed by atoms with van der Waals surface area (Å²) in [6.07, 6.45) is 1.09. The molecule has 0 amide bonds. The van der Waals surface area contributed by atoms with Gasteiger partial charge in [0.1, 0.15) is 17.0 Å². The Labute approximate surface area is 198 Å². The molecule has 2 N–H and O–H groups in total. The molecule has 4 rings (SSSR count). The molecule has 6 nitrogen and oxygen atoms in total. The monoisotopic (exact) mass is 475 g/mol. The van der Waals surface area contributed by atoms with Gasteiger partial charge in [-0.2, -0.15) is 0 Å². The fourth-order valence-electron chi connectivity index (χ4n) is 4.47. The SMILES string of the molecule is COc1cc(-c2ccc(NC3(C(=O)O)CCC(F)(F)CC3)cc2COC2CC2)cc(OC)c1C. The minimum absolute atomic E-state index is 0.142. The topological polar surface area (TPSA) is 77.0 Å². The summed E-state index contributed by atoms with van der Waals surface area (Å²) in [6, 6.07) is 9.40. The van der Waals surface area contributed by atoms with Crippen LogP contribution in [0.25, 0.3) is 11.1 Å². The van der Waals surface area contributed by atoms with E-state index in [0.29, 0.717) is 23.8 Å². The second kappa shape index (κ2) is 9.41. The molecule has 0 saturated heterocycles. The summed E-state index contributed by atoms with van der Waals surface area (Å²) in [7, 11) is 3.21. The van der Waals surface area contributed by atoms with Crippen molar-refractivity contribution in [2.24, 2.45) is 0 Å². The Bertz CT molecular complexity index is 1030. The third-order valence-corrected chi connectivity index (χ3v) is 6.80. The first-order valence-corrected chi connectivity index (χ1v) is 11.5. The molecule has 0 radical (unpaired) electrons. The van der Waals surface area contributed by atoms with Crippen LogP contribution in [0.5, 0.6) is 11.5 Å². The van der Waals surface area contributed by atoms with Gasteiger partial charge in [0, 0.05) is 24.1 Å². The summed E-state index contributed by atoms with van der Waals surface area (Å²) in [6.45, 7) is 2.27. The predicted molar refractivity (Wildman–Crippen MR) is 125 cm³/mol. The van der Waals surface area contributed by atoms with Crippen molar-refractivity contribution in [3.05, 3.63) is 41.5 Å². The zero-order valence-electron chi connectivity index (χ0n) is 19.7. The Morgan fingerprint density at radius 3 is 2.21 bits per heavy atom. The average molecular weight is 476 g/mol. The summed E-state index contributed by atoms with van der Waals surface area (Å²) in [5.41, 5.74) is 2.69. The van der Waals surface area contributed by atoms with Gasteiger partial charge in [0.2, 0.25) is 5.92 Å². The fraction of sp³-hybridized carbons (Fsp3) is 0.500. The van der Waals surface area contributed by atoms with Crippen molar-refractivity contribution in [2.75, 3.05) is 19.5 Å². The molecule has 2 fully saturated rings. The maximum Gasteiger partial charge on any atom is 0.329 e. The number of rotatable bonds is 9.